The lowest BCUT2D eigenvalue weighted by Crippen LogP contribution is -2.05. The number of nitrogen functional groups attached to an aromatic ring is 1. The molecule has 25 heavy (non-hydrogen) atoms. The van der Waals surface area contributed by atoms with Crippen LogP contribution in [0.15, 0.2) is 48.8 Å². The molecule has 0 saturated carbocycles. The lowest BCUT2D eigenvalue weighted by molar-refractivity contribution is 0.621. The van der Waals surface area contributed by atoms with Gasteiger partial charge in [-0.3, -0.25) is 4.98 Å². The molecule has 0 aliphatic heterocycles. The molecule has 3 heterocycles. The van der Waals surface area contributed by atoms with Crippen LogP contribution >= 0.6 is 0 Å². The highest BCUT2D eigenvalue weighted by Gasteiger charge is 2.18. The summed E-state index contributed by atoms with van der Waals surface area (Å²) in [6.07, 6.45) is 2.73. The first kappa shape index (κ1) is 15.2. The third-order valence-corrected chi connectivity index (χ3v) is 3.88. The van der Waals surface area contributed by atoms with Crippen LogP contribution in [0.2, 0.25) is 0 Å². The Balaban J connectivity index is 1.97. The van der Waals surface area contributed by atoms with Crippen LogP contribution in [0, 0.1) is 12.7 Å². The molecule has 0 aliphatic rings. The predicted octanol–water partition coefficient (Wildman–Crippen LogP) is 2.97. The Morgan fingerprint density at radius 1 is 1.08 bits per heavy atom. The van der Waals surface area contributed by atoms with E-state index in [0.717, 1.165) is 11.8 Å². The van der Waals surface area contributed by atoms with E-state index in [-0.39, 0.29) is 0 Å². The standard InChI is InChI=1S/C18H15FN6/c1-11-22-16(20)15-18(23-11)25(10-12-5-3-2-4-6-12)17(24-15)13-7-14(19)9-21-8-13/h2-9H,10H2,1H3,(H2,20,22,23). The van der Waals surface area contributed by atoms with Crippen molar-refractivity contribution in [1.82, 2.24) is 24.5 Å². The lowest BCUT2D eigenvalue weighted by atomic mass is 10.2. The summed E-state index contributed by atoms with van der Waals surface area (Å²) in [6, 6.07) is 11.3. The molecule has 0 amide bonds. The molecular weight excluding hydrogens is 319 g/mol. The maximum atomic E-state index is 13.7. The number of halogens is 1. The third kappa shape index (κ3) is 2.80. The van der Waals surface area contributed by atoms with Crippen molar-refractivity contribution in [3.05, 3.63) is 66.0 Å². The van der Waals surface area contributed by atoms with Gasteiger partial charge in [0.2, 0.25) is 0 Å². The molecule has 7 heteroatoms. The molecule has 0 spiro atoms. The van der Waals surface area contributed by atoms with E-state index in [1.807, 2.05) is 34.9 Å². The van der Waals surface area contributed by atoms with Gasteiger partial charge in [0.25, 0.3) is 0 Å². The molecule has 0 aliphatic carbocycles. The zero-order chi connectivity index (χ0) is 17.4. The number of pyridine rings is 1. The third-order valence-electron chi connectivity index (χ3n) is 3.88. The van der Waals surface area contributed by atoms with E-state index in [2.05, 4.69) is 19.9 Å². The van der Waals surface area contributed by atoms with Crippen molar-refractivity contribution in [3.63, 3.8) is 0 Å². The molecule has 124 valence electrons. The second kappa shape index (κ2) is 5.94. The fourth-order valence-electron chi connectivity index (χ4n) is 2.81. The summed E-state index contributed by atoms with van der Waals surface area (Å²) in [4.78, 5) is 17.2. The van der Waals surface area contributed by atoms with Gasteiger partial charge >= 0.3 is 0 Å². The van der Waals surface area contributed by atoms with Crippen molar-refractivity contribution in [2.75, 3.05) is 5.73 Å². The molecule has 0 saturated heterocycles. The summed E-state index contributed by atoms with van der Waals surface area (Å²) in [5.74, 6) is 0.992. The normalized spacial score (nSPS) is 11.1. The Kier molecular flexibility index (Phi) is 3.61. The van der Waals surface area contributed by atoms with Gasteiger partial charge in [0.1, 0.15) is 17.5 Å². The highest BCUT2D eigenvalue weighted by molar-refractivity contribution is 5.85. The summed E-state index contributed by atoms with van der Waals surface area (Å²) >= 11 is 0. The van der Waals surface area contributed by atoms with E-state index in [1.54, 1.807) is 13.1 Å². The first-order valence-corrected chi connectivity index (χ1v) is 7.77. The van der Waals surface area contributed by atoms with Crippen molar-refractivity contribution in [2.45, 2.75) is 13.5 Å². The van der Waals surface area contributed by atoms with Gasteiger partial charge in [-0.1, -0.05) is 30.3 Å². The van der Waals surface area contributed by atoms with Crippen molar-refractivity contribution >= 4 is 17.0 Å². The quantitative estimate of drug-likeness (QED) is 0.623. The number of nitrogens with zero attached hydrogens (tertiary/aromatic N) is 5. The van der Waals surface area contributed by atoms with Gasteiger partial charge in [-0.2, -0.15) is 0 Å². The fraction of sp³-hybridized carbons (Fsp3) is 0.111. The van der Waals surface area contributed by atoms with Gasteiger partial charge in [0, 0.05) is 11.8 Å². The van der Waals surface area contributed by atoms with Crippen LogP contribution < -0.4 is 5.73 Å². The van der Waals surface area contributed by atoms with Crippen LogP contribution in [0.4, 0.5) is 10.2 Å². The number of hydrogen-bond donors (Lipinski definition) is 1. The number of nitrogens with two attached hydrogens (primary N) is 1. The first-order valence-electron chi connectivity index (χ1n) is 7.77. The smallest absolute Gasteiger partial charge is 0.166 e. The molecule has 0 radical (unpaired) electrons. The summed E-state index contributed by atoms with van der Waals surface area (Å²) in [5.41, 5.74) is 8.78. The summed E-state index contributed by atoms with van der Waals surface area (Å²) in [5, 5.41) is 0. The molecule has 0 unspecified atom stereocenters. The molecule has 1 aromatic carbocycles. The van der Waals surface area contributed by atoms with Crippen LogP contribution in [0.25, 0.3) is 22.6 Å². The minimum atomic E-state index is -0.425. The minimum Gasteiger partial charge on any atom is -0.382 e. The van der Waals surface area contributed by atoms with Crippen LogP contribution in [-0.4, -0.2) is 24.5 Å². The maximum Gasteiger partial charge on any atom is 0.166 e. The number of benzene rings is 1. The number of anilines is 1. The number of fused-ring (bicyclic) bond motifs is 1. The predicted molar refractivity (Wildman–Crippen MR) is 93.2 cm³/mol. The number of hydrogen-bond acceptors (Lipinski definition) is 5. The summed E-state index contributed by atoms with van der Waals surface area (Å²) in [7, 11) is 0. The summed E-state index contributed by atoms with van der Waals surface area (Å²) < 4.78 is 15.6. The number of rotatable bonds is 3. The van der Waals surface area contributed by atoms with E-state index in [4.69, 9.17) is 5.73 Å². The maximum absolute atomic E-state index is 13.7. The second-order valence-electron chi connectivity index (χ2n) is 5.73. The fourth-order valence-corrected chi connectivity index (χ4v) is 2.81. The van der Waals surface area contributed by atoms with Crippen LogP contribution in [-0.2, 0) is 6.54 Å². The molecule has 0 fully saturated rings. The number of imidazole rings is 1. The zero-order valence-electron chi connectivity index (χ0n) is 13.5. The topological polar surface area (TPSA) is 82.5 Å². The van der Waals surface area contributed by atoms with Gasteiger partial charge in [-0.15, -0.1) is 0 Å². The van der Waals surface area contributed by atoms with Gasteiger partial charge in [-0.25, -0.2) is 19.3 Å². The SMILES string of the molecule is Cc1nc(N)c2nc(-c3cncc(F)c3)n(Cc3ccccc3)c2n1. The molecule has 4 rings (SSSR count). The Morgan fingerprint density at radius 2 is 1.88 bits per heavy atom. The molecule has 6 nitrogen and oxygen atoms in total. The molecule has 4 aromatic rings. The van der Waals surface area contributed by atoms with E-state index in [0.29, 0.717) is 40.7 Å². The molecule has 2 N–H and O–H groups in total. The van der Waals surface area contributed by atoms with E-state index < -0.39 is 5.82 Å². The largest absolute Gasteiger partial charge is 0.382 e. The van der Waals surface area contributed by atoms with Crippen molar-refractivity contribution in [2.24, 2.45) is 0 Å². The van der Waals surface area contributed by atoms with E-state index >= 15 is 0 Å². The first-order chi connectivity index (χ1) is 12.1. The molecule has 0 bridgehead atoms. The van der Waals surface area contributed by atoms with Crippen molar-refractivity contribution in [1.29, 1.82) is 0 Å². The lowest BCUT2D eigenvalue weighted by Gasteiger charge is -2.09. The van der Waals surface area contributed by atoms with Crippen LogP contribution in [0.3, 0.4) is 0 Å². The van der Waals surface area contributed by atoms with E-state index in [9.17, 15) is 4.39 Å². The van der Waals surface area contributed by atoms with Crippen LogP contribution in [0.1, 0.15) is 11.4 Å². The van der Waals surface area contributed by atoms with Gasteiger partial charge in [0.15, 0.2) is 17.0 Å². The van der Waals surface area contributed by atoms with Crippen molar-refractivity contribution < 1.29 is 4.39 Å². The Morgan fingerprint density at radius 3 is 2.64 bits per heavy atom. The highest BCUT2D eigenvalue weighted by Crippen LogP contribution is 2.27. The molecule has 3 aromatic heterocycles. The minimum absolute atomic E-state index is 0.305. The molecular formula is C18H15FN6. The van der Waals surface area contributed by atoms with Crippen LogP contribution in [0.5, 0.6) is 0 Å². The highest BCUT2D eigenvalue weighted by atomic mass is 19.1. The van der Waals surface area contributed by atoms with Crippen molar-refractivity contribution in [3.8, 4) is 11.4 Å². The Hall–Kier alpha value is -3.35. The van der Waals surface area contributed by atoms with Gasteiger partial charge in [0.05, 0.1) is 12.7 Å². The number of aromatic nitrogens is 5. The Labute approximate surface area is 143 Å². The number of aryl methyl sites for hydroxylation is 1. The van der Waals surface area contributed by atoms with E-state index in [1.165, 1.54) is 6.07 Å². The monoisotopic (exact) mass is 334 g/mol. The molecule has 0 atom stereocenters. The average Bonchev–Trinajstić information content (AvgIpc) is 2.95. The van der Waals surface area contributed by atoms with Gasteiger partial charge in [-0.05, 0) is 18.6 Å². The second-order valence-corrected chi connectivity index (χ2v) is 5.73. The average molecular weight is 334 g/mol. The summed E-state index contributed by atoms with van der Waals surface area (Å²) in [6.45, 7) is 2.30. The Bertz CT molecular complexity index is 1060. The zero-order valence-corrected chi connectivity index (χ0v) is 13.5. The van der Waals surface area contributed by atoms with Gasteiger partial charge < -0.3 is 10.3 Å².